The minimum Gasteiger partial charge on any atom is -0.329 e. The van der Waals surface area contributed by atoms with E-state index in [0.29, 0.717) is 18.4 Å². The van der Waals surface area contributed by atoms with Crippen molar-refractivity contribution in [2.24, 2.45) is 11.8 Å². The van der Waals surface area contributed by atoms with Crippen LogP contribution in [-0.2, 0) is 9.59 Å². The Labute approximate surface area is 115 Å². The molecule has 0 bridgehead atoms. The number of amides is 2. The first-order chi connectivity index (χ1) is 9.06. The standard InChI is InChI=1S/C15H24N2O2/c1-10-6-11(2)8-12(7-10)17-9-14(18)16-5-3-4-13(16)15(17)19/h10-13H,3-9H2,1-2H3. The van der Waals surface area contributed by atoms with Gasteiger partial charge >= 0.3 is 0 Å². The second kappa shape index (κ2) is 4.80. The Hall–Kier alpha value is -1.06. The summed E-state index contributed by atoms with van der Waals surface area (Å²) in [4.78, 5) is 28.5. The van der Waals surface area contributed by atoms with Crippen LogP contribution in [0.1, 0.15) is 46.0 Å². The Morgan fingerprint density at radius 1 is 1.00 bits per heavy atom. The highest BCUT2D eigenvalue weighted by Gasteiger charge is 2.44. The van der Waals surface area contributed by atoms with Crippen LogP contribution >= 0.6 is 0 Å². The molecule has 106 valence electrons. The Morgan fingerprint density at radius 2 is 1.68 bits per heavy atom. The third kappa shape index (κ3) is 2.26. The van der Waals surface area contributed by atoms with Crippen molar-refractivity contribution in [2.75, 3.05) is 13.1 Å². The Kier molecular flexibility index (Phi) is 3.27. The predicted octanol–water partition coefficient (Wildman–Crippen LogP) is 1.64. The number of nitrogens with zero attached hydrogens (tertiary/aromatic N) is 2. The summed E-state index contributed by atoms with van der Waals surface area (Å²) in [5.74, 6) is 1.70. The van der Waals surface area contributed by atoms with Gasteiger partial charge in [0.25, 0.3) is 0 Å². The van der Waals surface area contributed by atoms with Crippen LogP contribution in [0.2, 0.25) is 0 Å². The first-order valence-corrected chi connectivity index (χ1v) is 7.66. The zero-order valence-corrected chi connectivity index (χ0v) is 12.0. The van der Waals surface area contributed by atoms with Gasteiger partial charge in [0.05, 0.1) is 0 Å². The SMILES string of the molecule is CC1CC(C)CC(N2CC(=O)N3CCCC3C2=O)C1. The second-order valence-corrected chi connectivity index (χ2v) is 6.78. The van der Waals surface area contributed by atoms with Gasteiger partial charge in [-0.05, 0) is 43.9 Å². The molecule has 3 rings (SSSR count). The lowest BCUT2D eigenvalue weighted by Gasteiger charge is -2.44. The van der Waals surface area contributed by atoms with Crippen LogP contribution in [0.25, 0.3) is 0 Å². The van der Waals surface area contributed by atoms with Crippen LogP contribution in [0.3, 0.4) is 0 Å². The van der Waals surface area contributed by atoms with Gasteiger partial charge in [0.1, 0.15) is 12.6 Å². The largest absolute Gasteiger partial charge is 0.329 e. The summed E-state index contributed by atoms with van der Waals surface area (Å²) in [6, 6.07) is 0.145. The summed E-state index contributed by atoms with van der Waals surface area (Å²) in [6.45, 7) is 5.63. The highest BCUT2D eigenvalue weighted by Crippen LogP contribution is 2.34. The summed E-state index contributed by atoms with van der Waals surface area (Å²) in [5.41, 5.74) is 0. The minimum atomic E-state index is -0.145. The summed E-state index contributed by atoms with van der Waals surface area (Å²) in [5, 5.41) is 0. The van der Waals surface area contributed by atoms with E-state index in [9.17, 15) is 9.59 Å². The molecule has 3 unspecified atom stereocenters. The maximum atomic E-state index is 12.6. The van der Waals surface area contributed by atoms with Crippen LogP contribution in [0.5, 0.6) is 0 Å². The second-order valence-electron chi connectivity index (χ2n) is 6.78. The van der Waals surface area contributed by atoms with Crippen molar-refractivity contribution in [1.29, 1.82) is 0 Å². The molecule has 2 saturated heterocycles. The van der Waals surface area contributed by atoms with Gasteiger partial charge in [0, 0.05) is 12.6 Å². The summed E-state index contributed by atoms with van der Waals surface area (Å²) in [7, 11) is 0. The van der Waals surface area contributed by atoms with Gasteiger partial charge in [-0.2, -0.15) is 0 Å². The highest BCUT2D eigenvalue weighted by molar-refractivity contribution is 5.95. The van der Waals surface area contributed by atoms with Crippen molar-refractivity contribution in [1.82, 2.24) is 9.80 Å². The van der Waals surface area contributed by atoms with Crippen molar-refractivity contribution < 1.29 is 9.59 Å². The maximum Gasteiger partial charge on any atom is 0.246 e. The molecule has 3 fully saturated rings. The number of hydrogen-bond donors (Lipinski definition) is 0. The van der Waals surface area contributed by atoms with E-state index in [1.807, 2.05) is 4.90 Å². The lowest BCUT2D eigenvalue weighted by Crippen LogP contribution is -2.60. The maximum absolute atomic E-state index is 12.6. The summed E-state index contributed by atoms with van der Waals surface area (Å²) >= 11 is 0. The molecule has 1 saturated carbocycles. The molecule has 0 aromatic carbocycles. The average Bonchev–Trinajstić information content (AvgIpc) is 2.82. The number of carbonyl (C=O) groups is 2. The minimum absolute atomic E-state index is 0.145. The topological polar surface area (TPSA) is 40.6 Å². The molecule has 1 aliphatic carbocycles. The van der Waals surface area contributed by atoms with E-state index in [0.717, 1.165) is 32.2 Å². The molecule has 0 radical (unpaired) electrons. The van der Waals surface area contributed by atoms with Gasteiger partial charge in [0.2, 0.25) is 11.8 Å². The Balaban J connectivity index is 1.77. The molecule has 19 heavy (non-hydrogen) atoms. The molecule has 3 aliphatic rings. The molecule has 4 heteroatoms. The van der Waals surface area contributed by atoms with Crippen molar-refractivity contribution >= 4 is 11.8 Å². The van der Waals surface area contributed by atoms with Gasteiger partial charge in [-0.3, -0.25) is 9.59 Å². The summed E-state index contributed by atoms with van der Waals surface area (Å²) in [6.07, 6.45) is 5.22. The zero-order chi connectivity index (χ0) is 13.6. The molecular formula is C15H24N2O2. The fourth-order valence-electron chi connectivity index (χ4n) is 4.30. The van der Waals surface area contributed by atoms with Crippen LogP contribution in [0.15, 0.2) is 0 Å². The fraction of sp³-hybridized carbons (Fsp3) is 0.867. The van der Waals surface area contributed by atoms with Crippen LogP contribution in [0, 0.1) is 11.8 Å². The summed E-state index contributed by atoms with van der Waals surface area (Å²) < 4.78 is 0. The average molecular weight is 264 g/mol. The van der Waals surface area contributed by atoms with E-state index in [-0.39, 0.29) is 23.9 Å². The predicted molar refractivity (Wildman–Crippen MR) is 72.4 cm³/mol. The normalized spacial score (nSPS) is 39.7. The smallest absolute Gasteiger partial charge is 0.246 e. The molecule has 2 aliphatic heterocycles. The Morgan fingerprint density at radius 3 is 2.37 bits per heavy atom. The van der Waals surface area contributed by atoms with Crippen LogP contribution < -0.4 is 0 Å². The third-order valence-electron chi connectivity index (χ3n) is 5.04. The number of hydrogen-bond acceptors (Lipinski definition) is 2. The molecule has 2 heterocycles. The first-order valence-electron chi connectivity index (χ1n) is 7.66. The molecular weight excluding hydrogens is 240 g/mol. The number of rotatable bonds is 1. The van der Waals surface area contributed by atoms with Gasteiger partial charge in [-0.15, -0.1) is 0 Å². The van der Waals surface area contributed by atoms with Crippen LogP contribution in [0.4, 0.5) is 0 Å². The monoisotopic (exact) mass is 264 g/mol. The van der Waals surface area contributed by atoms with Gasteiger partial charge in [-0.25, -0.2) is 0 Å². The molecule has 0 aromatic rings. The van der Waals surface area contributed by atoms with Crippen molar-refractivity contribution in [3.8, 4) is 0 Å². The van der Waals surface area contributed by atoms with Gasteiger partial charge in [-0.1, -0.05) is 13.8 Å². The number of carbonyl (C=O) groups excluding carboxylic acids is 2. The van der Waals surface area contributed by atoms with E-state index in [1.165, 1.54) is 6.42 Å². The van der Waals surface area contributed by atoms with E-state index < -0.39 is 0 Å². The quantitative estimate of drug-likeness (QED) is 0.722. The molecule has 3 atom stereocenters. The molecule has 0 N–H and O–H groups in total. The molecule has 0 spiro atoms. The van der Waals surface area contributed by atoms with E-state index >= 15 is 0 Å². The van der Waals surface area contributed by atoms with Gasteiger partial charge in [0.15, 0.2) is 0 Å². The first kappa shape index (κ1) is 12.9. The van der Waals surface area contributed by atoms with E-state index in [4.69, 9.17) is 0 Å². The lowest BCUT2D eigenvalue weighted by atomic mass is 9.79. The molecule has 0 aromatic heterocycles. The van der Waals surface area contributed by atoms with Crippen molar-refractivity contribution in [3.63, 3.8) is 0 Å². The zero-order valence-electron chi connectivity index (χ0n) is 12.0. The highest BCUT2D eigenvalue weighted by atomic mass is 16.2. The lowest BCUT2D eigenvalue weighted by molar-refractivity contribution is -0.157. The van der Waals surface area contributed by atoms with E-state index in [2.05, 4.69) is 13.8 Å². The third-order valence-corrected chi connectivity index (χ3v) is 5.04. The van der Waals surface area contributed by atoms with E-state index in [1.54, 1.807) is 4.90 Å². The number of fused-ring (bicyclic) bond motifs is 1. The van der Waals surface area contributed by atoms with Crippen LogP contribution in [-0.4, -0.2) is 46.8 Å². The Bertz CT molecular complexity index is 386. The van der Waals surface area contributed by atoms with Gasteiger partial charge < -0.3 is 9.80 Å². The molecule has 4 nitrogen and oxygen atoms in total. The fourth-order valence-corrected chi connectivity index (χ4v) is 4.30. The number of piperazine rings is 1. The van der Waals surface area contributed by atoms with Crippen molar-refractivity contribution in [2.45, 2.75) is 58.0 Å². The van der Waals surface area contributed by atoms with Crippen molar-refractivity contribution in [3.05, 3.63) is 0 Å². The molecule has 2 amide bonds.